The third-order valence-corrected chi connectivity index (χ3v) is 6.61. The van der Waals surface area contributed by atoms with Gasteiger partial charge >= 0.3 is 6.18 Å². The monoisotopic (exact) mass is 619 g/mol. The van der Waals surface area contributed by atoms with Crippen molar-refractivity contribution in [2.75, 3.05) is 12.4 Å². The van der Waals surface area contributed by atoms with Gasteiger partial charge in [-0.25, -0.2) is 10.4 Å². The maximum Gasteiger partial charge on any atom is 0.416 e. The van der Waals surface area contributed by atoms with Crippen molar-refractivity contribution in [3.63, 3.8) is 0 Å². The fourth-order valence-corrected chi connectivity index (χ4v) is 4.55. The molecule has 0 fully saturated rings. The van der Waals surface area contributed by atoms with Gasteiger partial charge in [-0.05, 0) is 53.6 Å². The fraction of sp³-hybridized carbons (Fsp3) is 0.148. The molecule has 2 N–H and O–H groups in total. The van der Waals surface area contributed by atoms with Gasteiger partial charge in [-0.15, -0.1) is 11.3 Å². The van der Waals surface area contributed by atoms with Gasteiger partial charge in [0.25, 0.3) is 5.69 Å². The predicted octanol–water partition coefficient (Wildman–Crippen LogP) is 6.75. The van der Waals surface area contributed by atoms with Crippen LogP contribution < -0.4 is 20.2 Å². The van der Waals surface area contributed by atoms with E-state index in [1.54, 1.807) is 29.6 Å². The number of alkyl halides is 3. The Morgan fingerprint density at radius 3 is 2.64 bits per heavy atom. The number of nitro groups is 1. The molecule has 4 rings (SSSR count). The van der Waals surface area contributed by atoms with Crippen LogP contribution in [0.1, 0.15) is 22.4 Å². The molecule has 42 heavy (non-hydrogen) atoms. The number of carbonyl (C=O) groups is 1. The highest BCUT2D eigenvalue weighted by Crippen LogP contribution is 2.37. The highest BCUT2D eigenvalue weighted by atomic mass is 35.5. The lowest BCUT2D eigenvalue weighted by Crippen LogP contribution is -2.19. The molecular weight excluding hydrogens is 599 g/mol. The number of amides is 1. The average molecular weight is 620 g/mol. The maximum absolute atomic E-state index is 12.9. The van der Waals surface area contributed by atoms with Gasteiger partial charge in [0, 0.05) is 23.2 Å². The Morgan fingerprint density at radius 2 is 1.95 bits per heavy atom. The second-order valence-electron chi connectivity index (χ2n) is 8.56. The van der Waals surface area contributed by atoms with Gasteiger partial charge in [0.1, 0.15) is 6.61 Å². The summed E-state index contributed by atoms with van der Waals surface area (Å²) in [6.07, 6.45) is -3.22. The molecule has 0 aliphatic heterocycles. The molecule has 0 bridgehead atoms. The summed E-state index contributed by atoms with van der Waals surface area (Å²) in [7, 11) is 1.43. The van der Waals surface area contributed by atoms with E-state index in [0.29, 0.717) is 27.7 Å². The molecule has 10 nitrogen and oxygen atoms in total. The number of anilines is 2. The molecular formula is C27H21ClF3N5O5S. The number of hydrogen-bond acceptors (Lipinski definition) is 9. The van der Waals surface area contributed by atoms with Gasteiger partial charge in [-0.1, -0.05) is 17.7 Å². The highest BCUT2D eigenvalue weighted by Gasteiger charge is 2.30. The second kappa shape index (κ2) is 13.3. The summed E-state index contributed by atoms with van der Waals surface area (Å²) in [4.78, 5) is 26.9. The Labute approximate surface area is 245 Å². The summed E-state index contributed by atoms with van der Waals surface area (Å²) < 4.78 is 49.9. The number of halogens is 4. The molecule has 3 aromatic carbocycles. The first kappa shape index (κ1) is 30.3. The number of aromatic nitrogens is 1. The number of hydrazone groups is 1. The fourth-order valence-electron chi connectivity index (χ4n) is 3.55. The van der Waals surface area contributed by atoms with Gasteiger partial charge in [0.15, 0.2) is 16.6 Å². The summed E-state index contributed by atoms with van der Waals surface area (Å²) in [5.74, 6) is 0.0977. The van der Waals surface area contributed by atoms with Gasteiger partial charge < -0.3 is 14.8 Å². The molecule has 15 heteroatoms. The lowest BCUT2D eigenvalue weighted by Gasteiger charge is -2.13. The van der Waals surface area contributed by atoms with Crippen LogP contribution in [0.5, 0.6) is 11.5 Å². The van der Waals surface area contributed by atoms with Crippen LogP contribution in [0.15, 0.2) is 71.1 Å². The molecule has 4 aromatic rings. The van der Waals surface area contributed by atoms with Crippen LogP contribution in [-0.4, -0.2) is 29.1 Å². The second-order valence-corrected chi connectivity index (χ2v) is 9.83. The Bertz CT molecular complexity index is 1610. The van der Waals surface area contributed by atoms with Crippen molar-refractivity contribution in [2.45, 2.75) is 19.2 Å². The summed E-state index contributed by atoms with van der Waals surface area (Å²) >= 11 is 7.52. The van der Waals surface area contributed by atoms with Gasteiger partial charge in [-0.3, -0.25) is 14.9 Å². The first-order valence-electron chi connectivity index (χ1n) is 12.0. The van der Waals surface area contributed by atoms with Crippen molar-refractivity contribution < 1.29 is 32.4 Å². The molecule has 0 radical (unpaired) electrons. The minimum absolute atomic E-state index is 0.0348. The SMILES string of the molecule is COc1cc(/C=N\NC(=O)Cc2csc(Nc3cccc(C(F)(F)F)c3)n2)cc(Cl)c1OCc1ccc([N+](=O)[O-])cc1. The van der Waals surface area contributed by atoms with E-state index in [-0.39, 0.29) is 35.2 Å². The van der Waals surface area contributed by atoms with Gasteiger partial charge in [0.2, 0.25) is 5.91 Å². The molecule has 0 aliphatic carbocycles. The first-order chi connectivity index (χ1) is 20.0. The molecule has 1 amide bonds. The third-order valence-electron chi connectivity index (χ3n) is 5.52. The van der Waals surface area contributed by atoms with Crippen molar-refractivity contribution in [1.29, 1.82) is 0 Å². The van der Waals surface area contributed by atoms with Crippen LogP contribution in [-0.2, 0) is 24.0 Å². The Balaban J connectivity index is 1.32. The Hall–Kier alpha value is -4.69. The standard InChI is InChI=1S/C27H21ClF3N5O5S/c1-40-23-10-17(9-22(28)25(23)41-14-16-5-7-21(8-6-16)36(38)39)13-32-35-24(37)12-20-15-42-26(34-20)33-19-4-2-3-18(11-19)27(29,30)31/h2-11,13,15H,12,14H2,1H3,(H,33,34)(H,35,37)/b32-13-. The largest absolute Gasteiger partial charge is 0.493 e. The number of non-ortho nitro benzene ring substituents is 1. The number of nitro benzene ring substituents is 1. The van der Waals surface area contributed by atoms with Crippen molar-refractivity contribution in [3.05, 3.63) is 104 Å². The van der Waals surface area contributed by atoms with Crippen molar-refractivity contribution in [2.24, 2.45) is 5.10 Å². The molecule has 1 aromatic heterocycles. The number of benzene rings is 3. The number of carbonyl (C=O) groups excluding carboxylic acids is 1. The quantitative estimate of drug-likeness (QED) is 0.108. The predicted molar refractivity (Wildman–Crippen MR) is 152 cm³/mol. The molecule has 0 aliphatic rings. The van der Waals surface area contributed by atoms with Crippen LogP contribution in [0.3, 0.4) is 0 Å². The summed E-state index contributed by atoms with van der Waals surface area (Å²) in [5.41, 5.74) is 3.37. The van der Waals surface area contributed by atoms with Crippen LogP contribution in [0, 0.1) is 10.1 Å². The van der Waals surface area contributed by atoms with Crippen molar-refractivity contribution in [1.82, 2.24) is 10.4 Å². The molecule has 0 saturated heterocycles. The van der Waals surface area contributed by atoms with E-state index in [1.807, 2.05) is 0 Å². The normalized spacial score (nSPS) is 11.4. The molecule has 0 atom stereocenters. The number of ether oxygens (including phenoxy) is 2. The zero-order valence-electron chi connectivity index (χ0n) is 21.6. The topological polar surface area (TPSA) is 128 Å². The van der Waals surface area contributed by atoms with E-state index in [0.717, 1.165) is 23.5 Å². The Morgan fingerprint density at radius 1 is 1.19 bits per heavy atom. The van der Waals surface area contributed by atoms with Crippen molar-refractivity contribution in [3.8, 4) is 11.5 Å². The van der Waals surface area contributed by atoms with E-state index < -0.39 is 22.6 Å². The highest BCUT2D eigenvalue weighted by molar-refractivity contribution is 7.13. The number of nitrogens with zero attached hydrogens (tertiary/aromatic N) is 3. The smallest absolute Gasteiger partial charge is 0.416 e. The number of nitrogens with one attached hydrogen (secondary N) is 2. The zero-order valence-corrected chi connectivity index (χ0v) is 23.2. The van der Waals surface area contributed by atoms with E-state index in [9.17, 15) is 28.1 Å². The van der Waals surface area contributed by atoms with Crippen LogP contribution in [0.4, 0.5) is 29.7 Å². The summed E-state index contributed by atoms with van der Waals surface area (Å²) in [6, 6.07) is 13.8. The summed E-state index contributed by atoms with van der Waals surface area (Å²) in [5, 5.41) is 19.7. The minimum Gasteiger partial charge on any atom is -0.493 e. The molecule has 218 valence electrons. The molecule has 1 heterocycles. The van der Waals surface area contributed by atoms with Crippen LogP contribution >= 0.6 is 22.9 Å². The first-order valence-corrected chi connectivity index (χ1v) is 13.2. The van der Waals surface area contributed by atoms with Gasteiger partial charge in [-0.2, -0.15) is 18.3 Å². The lowest BCUT2D eigenvalue weighted by atomic mass is 10.2. The molecule has 0 saturated carbocycles. The van der Waals surface area contributed by atoms with Crippen molar-refractivity contribution >= 4 is 51.6 Å². The molecule has 0 spiro atoms. The third kappa shape index (κ3) is 8.17. The number of methoxy groups -OCH3 is 1. The van der Waals surface area contributed by atoms with E-state index in [4.69, 9.17) is 21.1 Å². The van der Waals surface area contributed by atoms with E-state index in [2.05, 4.69) is 20.8 Å². The van der Waals surface area contributed by atoms with Gasteiger partial charge in [0.05, 0.1) is 40.9 Å². The maximum atomic E-state index is 12.9. The number of rotatable bonds is 11. The molecule has 0 unspecified atom stereocenters. The Kier molecular flexibility index (Phi) is 9.60. The van der Waals surface area contributed by atoms with Crippen LogP contribution in [0.2, 0.25) is 5.02 Å². The average Bonchev–Trinajstić information content (AvgIpc) is 3.38. The number of thiazole rings is 1. The number of hydrogen-bond donors (Lipinski definition) is 2. The zero-order chi connectivity index (χ0) is 30.3. The van der Waals surface area contributed by atoms with E-state index >= 15 is 0 Å². The minimum atomic E-state index is -4.46. The van der Waals surface area contributed by atoms with Crippen LogP contribution in [0.25, 0.3) is 0 Å². The summed E-state index contributed by atoms with van der Waals surface area (Å²) in [6.45, 7) is 0.0887. The lowest BCUT2D eigenvalue weighted by molar-refractivity contribution is -0.384. The van der Waals surface area contributed by atoms with E-state index in [1.165, 1.54) is 37.6 Å².